The minimum absolute atomic E-state index is 0.367. The van der Waals surface area contributed by atoms with Crippen molar-refractivity contribution in [1.82, 2.24) is 4.98 Å². The summed E-state index contributed by atoms with van der Waals surface area (Å²) >= 11 is 0. The van der Waals surface area contributed by atoms with Crippen molar-refractivity contribution in [2.24, 2.45) is 0 Å². The Morgan fingerprint density at radius 3 is 2.79 bits per heavy atom. The molecule has 0 N–H and O–H groups in total. The molecule has 0 radical (unpaired) electrons. The highest BCUT2D eigenvalue weighted by molar-refractivity contribution is 5.89. The molecule has 0 aliphatic carbocycles. The maximum absolute atomic E-state index is 12.1. The first-order chi connectivity index (χ1) is 8.90. The van der Waals surface area contributed by atoms with Gasteiger partial charge in [0, 0.05) is 6.54 Å². The van der Waals surface area contributed by atoms with Crippen molar-refractivity contribution >= 4 is 18.1 Å². The number of ether oxygens (including phenoxy) is 1. The van der Waals surface area contributed by atoms with Crippen molar-refractivity contribution in [2.45, 2.75) is 39.2 Å². The van der Waals surface area contributed by atoms with E-state index in [1.165, 1.54) is 0 Å². The number of amides is 1. The van der Waals surface area contributed by atoms with E-state index in [0.717, 1.165) is 24.2 Å². The van der Waals surface area contributed by atoms with Gasteiger partial charge in [-0.3, -0.25) is 9.69 Å². The third-order valence-corrected chi connectivity index (χ3v) is 2.79. The van der Waals surface area contributed by atoms with Crippen molar-refractivity contribution in [3.05, 3.63) is 23.5 Å². The lowest BCUT2D eigenvalue weighted by molar-refractivity contribution is 0.0577. The third-order valence-electron chi connectivity index (χ3n) is 2.79. The van der Waals surface area contributed by atoms with Crippen LogP contribution in [0.1, 0.15) is 43.4 Å². The Bertz CT molecular complexity index is 506. The zero-order valence-electron chi connectivity index (χ0n) is 11.5. The van der Waals surface area contributed by atoms with Crippen LogP contribution in [0.15, 0.2) is 12.1 Å². The van der Waals surface area contributed by atoms with E-state index in [9.17, 15) is 9.59 Å². The van der Waals surface area contributed by atoms with Crippen molar-refractivity contribution in [2.75, 3.05) is 11.4 Å². The lowest BCUT2D eigenvalue weighted by Crippen LogP contribution is -2.40. The zero-order valence-corrected chi connectivity index (χ0v) is 11.5. The van der Waals surface area contributed by atoms with Crippen LogP contribution in [0.3, 0.4) is 0 Å². The molecule has 5 heteroatoms. The summed E-state index contributed by atoms with van der Waals surface area (Å²) in [7, 11) is 0. The molecule has 0 saturated heterocycles. The van der Waals surface area contributed by atoms with Gasteiger partial charge in [0.05, 0.1) is 11.4 Å². The maximum atomic E-state index is 12.1. The molecule has 0 unspecified atom stereocenters. The van der Waals surface area contributed by atoms with Crippen molar-refractivity contribution < 1.29 is 14.3 Å². The third kappa shape index (κ3) is 3.10. The Balaban J connectivity index is 2.27. The van der Waals surface area contributed by atoms with Crippen molar-refractivity contribution in [1.29, 1.82) is 0 Å². The molecule has 1 amide bonds. The van der Waals surface area contributed by atoms with Gasteiger partial charge in [-0.15, -0.1) is 0 Å². The molecule has 1 aromatic rings. The predicted octanol–water partition coefficient (Wildman–Crippen LogP) is 2.58. The van der Waals surface area contributed by atoms with Crippen LogP contribution in [0.25, 0.3) is 0 Å². The van der Waals surface area contributed by atoms with Crippen LogP contribution in [-0.4, -0.2) is 29.5 Å². The van der Waals surface area contributed by atoms with Crippen LogP contribution in [-0.2, 0) is 11.2 Å². The quantitative estimate of drug-likeness (QED) is 0.730. The summed E-state index contributed by atoms with van der Waals surface area (Å²) in [5, 5.41) is 0. The normalized spacial score (nSPS) is 14.8. The second-order valence-electron chi connectivity index (χ2n) is 5.56. The first-order valence-corrected chi connectivity index (χ1v) is 6.36. The predicted molar refractivity (Wildman–Crippen MR) is 71.5 cm³/mol. The molecule has 1 aromatic heterocycles. The summed E-state index contributed by atoms with van der Waals surface area (Å²) in [4.78, 5) is 28.7. The molecule has 0 atom stereocenters. The van der Waals surface area contributed by atoms with Crippen LogP contribution < -0.4 is 4.90 Å². The Hall–Kier alpha value is -1.91. The molecule has 1 aliphatic rings. The molecule has 0 spiro atoms. The van der Waals surface area contributed by atoms with E-state index in [2.05, 4.69) is 4.98 Å². The van der Waals surface area contributed by atoms with Gasteiger partial charge in [0.1, 0.15) is 11.3 Å². The lowest BCUT2D eigenvalue weighted by Gasteiger charge is -2.31. The molecule has 102 valence electrons. The Morgan fingerprint density at radius 2 is 2.16 bits per heavy atom. The second kappa shape index (κ2) is 4.99. The fourth-order valence-corrected chi connectivity index (χ4v) is 2.04. The molecule has 0 bridgehead atoms. The number of hydrogen-bond donors (Lipinski definition) is 0. The SMILES string of the molecule is CC(C)(C)OC(=O)N1CCCc2nc(C=O)ccc21. The van der Waals surface area contributed by atoms with Crippen LogP contribution in [0.5, 0.6) is 0 Å². The Labute approximate surface area is 112 Å². The summed E-state index contributed by atoms with van der Waals surface area (Å²) < 4.78 is 5.38. The smallest absolute Gasteiger partial charge is 0.414 e. The molecule has 19 heavy (non-hydrogen) atoms. The number of aromatic nitrogens is 1. The highest BCUT2D eigenvalue weighted by Gasteiger charge is 2.27. The number of fused-ring (bicyclic) bond motifs is 1. The topological polar surface area (TPSA) is 59.5 Å². The molecule has 1 aliphatic heterocycles. The van der Waals surface area contributed by atoms with E-state index in [1.54, 1.807) is 17.0 Å². The van der Waals surface area contributed by atoms with E-state index in [-0.39, 0.29) is 6.09 Å². The zero-order chi connectivity index (χ0) is 14.0. The standard InChI is InChI=1S/C14H18N2O3/c1-14(2,3)19-13(18)16-8-4-5-11-12(16)7-6-10(9-17)15-11/h6-7,9H,4-5,8H2,1-3H3. The van der Waals surface area contributed by atoms with Gasteiger partial charge < -0.3 is 4.74 Å². The average Bonchev–Trinajstić information content (AvgIpc) is 2.35. The number of rotatable bonds is 1. The van der Waals surface area contributed by atoms with Gasteiger partial charge >= 0.3 is 6.09 Å². The minimum Gasteiger partial charge on any atom is -0.443 e. The van der Waals surface area contributed by atoms with Gasteiger partial charge in [0.15, 0.2) is 6.29 Å². The second-order valence-corrected chi connectivity index (χ2v) is 5.56. The Morgan fingerprint density at radius 1 is 1.42 bits per heavy atom. The summed E-state index contributed by atoms with van der Waals surface area (Å²) in [6.45, 7) is 6.13. The van der Waals surface area contributed by atoms with Gasteiger partial charge in [0.2, 0.25) is 0 Å². The highest BCUT2D eigenvalue weighted by Crippen LogP contribution is 2.27. The molecular weight excluding hydrogens is 244 g/mol. The van der Waals surface area contributed by atoms with Gasteiger partial charge in [-0.05, 0) is 45.7 Å². The number of carbonyl (C=O) groups excluding carboxylic acids is 2. The number of anilines is 1. The number of aryl methyl sites for hydroxylation is 1. The molecule has 0 fully saturated rings. The van der Waals surface area contributed by atoms with Gasteiger partial charge in [-0.1, -0.05) is 0 Å². The van der Waals surface area contributed by atoms with Gasteiger partial charge in [0.25, 0.3) is 0 Å². The van der Waals surface area contributed by atoms with Crippen LogP contribution in [0.4, 0.5) is 10.5 Å². The summed E-state index contributed by atoms with van der Waals surface area (Å²) in [6.07, 6.45) is 1.94. The number of hydrogen-bond acceptors (Lipinski definition) is 4. The van der Waals surface area contributed by atoms with E-state index in [1.807, 2.05) is 20.8 Å². The minimum atomic E-state index is -0.523. The molecule has 5 nitrogen and oxygen atoms in total. The highest BCUT2D eigenvalue weighted by atomic mass is 16.6. The summed E-state index contributed by atoms with van der Waals surface area (Å²) in [5.74, 6) is 0. The van der Waals surface area contributed by atoms with Gasteiger partial charge in [-0.2, -0.15) is 0 Å². The molecular formula is C14H18N2O3. The van der Waals surface area contributed by atoms with E-state index in [0.29, 0.717) is 18.5 Å². The van der Waals surface area contributed by atoms with Crippen LogP contribution in [0, 0.1) is 0 Å². The maximum Gasteiger partial charge on any atom is 0.414 e. The summed E-state index contributed by atoms with van der Waals surface area (Å²) in [5.41, 5.74) is 1.39. The van der Waals surface area contributed by atoms with Crippen LogP contribution >= 0.6 is 0 Å². The first kappa shape index (κ1) is 13.5. The monoisotopic (exact) mass is 262 g/mol. The number of aldehydes is 1. The average molecular weight is 262 g/mol. The number of nitrogens with zero attached hydrogens (tertiary/aromatic N) is 2. The lowest BCUT2D eigenvalue weighted by atomic mass is 10.1. The molecule has 0 saturated carbocycles. The Kier molecular flexibility index (Phi) is 3.55. The van der Waals surface area contributed by atoms with E-state index < -0.39 is 5.60 Å². The van der Waals surface area contributed by atoms with E-state index in [4.69, 9.17) is 4.74 Å². The molecule has 2 rings (SSSR count). The van der Waals surface area contributed by atoms with Gasteiger partial charge in [-0.25, -0.2) is 9.78 Å². The van der Waals surface area contributed by atoms with Crippen molar-refractivity contribution in [3.8, 4) is 0 Å². The number of pyridine rings is 1. The fourth-order valence-electron chi connectivity index (χ4n) is 2.04. The number of carbonyl (C=O) groups is 2. The summed E-state index contributed by atoms with van der Waals surface area (Å²) in [6, 6.07) is 3.38. The fraction of sp³-hybridized carbons (Fsp3) is 0.500. The first-order valence-electron chi connectivity index (χ1n) is 6.36. The van der Waals surface area contributed by atoms with Crippen LogP contribution in [0.2, 0.25) is 0 Å². The van der Waals surface area contributed by atoms with Crippen molar-refractivity contribution in [3.63, 3.8) is 0 Å². The van der Waals surface area contributed by atoms with E-state index >= 15 is 0 Å². The molecule has 2 heterocycles. The molecule has 0 aromatic carbocycles. The largest absolute Gasteiger partial charge is 0.443 e.